The topological polar surface area (TPSA) is 156 Å². The monoisotopic (exact) mass is 467 g/mol. The molecule has 10 nitrogen and oxygen atoms in total. The molecule has 0 aliphatic heterocycles. The number of anilines is 1. The molecule has 1 saturated carbocycles. The lowest BCUT2D eigenvalue weighted by Gasteiger charge is -2.15. The molecule has 0 spiro atoms. The number of aryl methyl sites for hydroxylation is 1. The molecule has 0 unspecified atom stereocenters. The second kappa shape index (κ2) is 8.23. The third-order valence-corrected chi connectivity index (χ3v) is 7.32. The van der Waals surface area contributed by atoms with Gasteiger partial charge in [-0.2, -0.15) is 0 Å². The summed E-state index contributed by atoms with van der Waals surface area (Å²) in [6, 6.07) is 3.31. The van der Waals surface area contributed by atoms with Crippen LogP contribution in [0, 0.1) is 5.92 Å². The molecule has 3 aromatic rings. The molecule has 1 fully saturated rings. The highest BCUT2D eigenvalue weighted by atomic mass is 32.1. The fourth-order valence-corrected chi connectivity index (χ4v) is 5.62. The van der Waals surface area contributed by atoms with Gasteiger partial charge >= 0.3 is 0 Å². The van der Waals surface area contributed by atoms with Gasteiger partial charge in [-0.15, -0.1) is 0 Å². The summed E-state index contributed by atoms with van der Waals surface area (Å²) in [6.07, 6.45) is 5.05. The second-order valence-corrected chi connectivity index (χ2v) is 9.30. The Hall–Kier alpha value is -3.47. The van der Waals surface area contributed by atoms with Crippen molar-refractivity contribution in [3.63, 3.8) is 0 Å². The number of aromatic nitrogens is 2. The third-order valence-electron chi connectivity index (χ3n) is 5.33. The van der Waals surface area contributed by atoms with Crippen LogP contribution in [0.4, 0.5) is 5.82 Å². The van der Waals surface area contributed by atoms with Crippen LogP contribution in [0.1, 0.15) is 39.3 Å². The average molecular weight is 468 g/mol. The molecule has 2 aliphatic carbocycles. The van der Waals surface area contributed by atoms with Crippen LogP contribution >= 0.6 is 22.9 Å². The van der Waals surface area contributed by atoms with Crippen molar-refractivity contribution in [2.24, 2.45) is 16.8 Å². The summed E-state index contributed by atoms with van der Waals surface area (Å²) >= 11 is 2.53. The molecule has 162 valence electrons. The van der Waals surface area contributed by atoms with E-state index in [2.05, 4.69) is 24.7 Å². The first-order chi connectivity index (χ1) is 15.5. The van der Waals surface area contributed by atoms with Crippen molar-refractivity contribution in [2.45, 2.75) is 32.2 Å². The standard InChI is InChI=1S/C20H17N7O3S2/c21-18(28)17-11-4-3-10-7-24-32-16(10)15(11)20(31-17)30-13-5-6-14(25-12(13)8-23-27-22)26-19(29)9-1-2-9/h5-7,9H,1-4,8H2,(H2,21,28)(H,25,26,29). The van der Waals surface area contributed by atoms with Gasteiger partial charge in [0.1, 0.15) is 11.6 Å². The molecule has 5 rings (SSSR count). The zero-order chi connectivity index (χ0) is 22.2. The van der Waals surface area contributed by atoms with Crippen LogP contribution < -0.4 is 15.8 Å². The van der Waals surface area contributed by atoms with Crippen LogP contribution in [-0.2, 0) is 24.2 Å². The predicted molar refractivity (Wildman–Crippen MR) is 120 cm³/mol. The number of carbonyl (C=O) groups excluding carboxylic acids is 2. The molecule has 3 aromatic heterocycles. The van der Waals surface area contributed by atoms with Gasteiger partial charge in [0.05, 0.1) is 27.6 Å². The van der Waals surface area contributed by atoms with E-state index in [1.165, 1.54) is 22.9 Å². The van der Waals surface area contributed by atoms with Crippen molar-refractivity contribution in [2.75, 3.05) is 5.32 Å². The van der Waals surface area contributed by atoms with Gasteiger partial charge < -0.3 is 15.8 Å². The van der Waals surface area contributed by atoms with Gasteiger partial charge in [0.15, 0.2) is 5.06 Å². The molecule has 0 bridgehead atoms. The van der Waals surface area contributed by atoms with E-state index in [0.29, 0.717) is 33.6 Å². The van der Waals surface area contributed by atoms with Gasteiger partial charge in [0.2, 0.25) is 5.91 Å². The fourth-order valence-electron chi connectivity index (χ4n) is 3.62. The number of nitrogens with one attached hydrogen (secondary N) is 1. The number of hydrogen-bond acceptors (Lipinski definition) is 8. The number of azide groups is 1. The van der Waals surface area contributed by atoms with Crippen molar-refractivity contribution in [1.82, 2.24) is 9.36 Å². The maximum absolute atomic E-state index is 12.1. The maximum atomic E-state index is 12.1. The first-order valence-corrected chi connectivity index (χ1v) is 11.5. The molecule has 0 aromatic carbocycles. The highest BCUT2D eigenvalue weighted by molar-refractivity contribution is 7.17. The summed E-state index contributed by atoms with van der Waals surface area (Å²) in [5, 5.41) is 6.90. The fraction of sp³-hybridized carbons (Fsp3) is 0.300. The Labute approximate surface area is 190 Å². The first-order valence-electron chi connectivity index (χ1n) is 9.94. The zero-order valence-electron chi connectivity index (χ0n) is 16.7. The molecule has 0 atom stereocenters. The Morgan fingerprint density at radius 3 is 2.94 bits per heavy atom. The van der Waals surface area contributed by atoms with Crippen LogP contribution in [0.25, 0.3) is 20.9 Å². The third kappa shape index (κ3) is 3.79. The summed E-state index contributed by atoms with van der Waals surface area (Å²) in [7, 11) is 0. The lowest BCUT2D eigenvalue weighted by Crippen LogP contribution is -2.14. The number of pyridine rings is 1. The predicted octanol–water partition coefficient (Wildman–Crippen LogP) is 4.42. The van der Waals surface area contributed by atoms with Crippen molar-refractivity contribution < 1.29 is 14.3 Å². The van der Waals surface area contributed by atoms with Crippen LogP contribution in [-0.4, -0.2) is 21.2 Å². The molecule has 0 saturated heterocycles. The largest absolute Gasteiger partial charge is 0.444 e. The van der Waals surface area contributed by atoms with E-state index in [4.69, 9.17) is 16.0 Å². The molecule has 2 amide bonds. The molecule has 3 heterocycles. The van der Waals surface area contributed by atoms with Crippen LogP contribution in [0.15, 0.2) is 23.4 Å². The number of rotatable bonds is 7. The lowest BCUT2D eigenvalue weighted by atomic mass is 9.93. The summed E-state index contributed by atoms with van der Waals surface area (Å²) in [4.78, 5) is 32.8. The normalized spacial score (nSPS) is 14.1. The summed E-state index contributed by atoms with van der Waals surface area (Å²) in [6.45, 7) is -0.0545. The van der Waals surface area contributed by atoms with Gasteiger partial charge in [0, 0.05) is 17.0 Å². The molecular weight excluding hydrogens is 450 g/mol. The number of amides is 2. The Kier molecular flexibility index (Phi) is 5.25. The van der Waals surface area contributed by atoms with E-state index < -0.39 is 5.91 Å². The van der Waals surface area contributed by atoms with Gasteiger partial charge in [0.25, 0.3) is 5.91 Å². The number of hydrogen-bond donors (Lipinski definition) is 2. The highest BCUT2D eigenvalue weighted by Gasteiger charge is 2.31. The van der Waals surface area contributed by atoms with Gasteiger partial charge in [-0.05, 0) is 66.0 Å². The van der Waals surface area contributed by atoms with Gasteiger partial charge in [-0.25, -0.2) is 9.36 Å². The molecular formula is C20H17N7O3S2. The molecule has 2 aliphatic rings. The number of nitrogens with two attached hydrogens (primary N) is 1. The van der Waals surface area contributed by atoms with Crippen LogP contribution in [0.5, 0.6) is 10.8 Å². The van der Waals surface area contributed by atoms with E-state index >= 15 is 0 Å². The minimum atomic E-state index is -0.500. The molecule has 0 radical (unpaired) electrons. The van der Waals surface area contributed by atoms with Crippen molar-refractivity contribution >= 4 is 40.5 Å². The maximum Gasteiger partial charge on any atom is 0.259 e. The van der Waals surface area contributed by atoms with Gasteiger partial charge in [-0.1, -0.05) is 16.5 Å². The van der Waals surface area contributed by atoms with Crippen molar-refractivity contribution in [1.29, 1.82) is 0 Å². The first kappa shape index (κ1) is 20.4. The summed E-state index contributed by atoms with van der Waals surface area (Å²) in [5.74, 6) is 0.204. The summed E-state index contributed by atoms with van der Waals surface area (Å²) in [5.41, 5.74) is 17.6. The van der Waals surface area contributed by atoms with Crippen LogP contribution in [0.3, 0.4) is 0 Å². The molecule has 3 N–H and O–H groups in total. The van der Waals surface area contributed by atoms with Crippen molar-refractivity contribution in [3.05, 3.63) is 50.5 Å². The molecule has 32 heavy (non-hydrogen) atoms. The Balaban J connectivity index is 1.53. The number of ether oxygens (including phenoxy) is 1. The Morgan fingerprint density at radius 2 is 2.19 bits per heavy atom. The lowest BCUT2D eigenvalue weighted by molar-refractivity contribution is -0.117. The number of primary amides is 1. The smallest absolute Gasteiger partial charge is 0.259 e. The van der Waals surface area contributed by atoms with E-state index in [9.17, 15) is 9.59 Å². The van der Waals surface area contributed by atoms with E-state index in [-0.39, 0.29) is 18.4 Å². The molecule has 12 heteroatoms. The highest BCUT2D eigenvalue weighted by Crippen LogP contribution is 2.50. The summed E-state index contributed by atoms with van der Waals surface area (Å²) < 4.78 is 10.5. The van der Waals surface area contributed by atoms with Crippen molar-refractivity contribution in [3.8, 4) is 21.3 Å². The average Bonchev–Trinajstić information content (AvgIpc) is 3.41. The number of carbonyl (C=O) groups is 2. The van der Waals surface area contributed by atoms with Crippen LogP contribution in [0.2, 0.25) is 0 Å². The van der Waals surface area contributed by atoms with E-state index in [1.54, 1.807) is 12.1 Å². The minimum absolute atomic E-state index is 0.0340. The van der Waals surface area contributed by atoms with Gasteiger partial charge in [-0.3, -0.25) is 9.59 Å². The second-order valence-electron chi connectivity index (χ2n) is 7.51. The Bertz CT molecular complexity index is 1290. The van der Waals surface area contributed by atoms with E-state index in [1.807, 2.05) is 6.20 Å². The number of fused-ring (bicyclic) bond motifs is 3. The Morgan fingerprint density at radius 1 is 1.34 bits per heavy atom. The van der Waals surface area contributed by atoms with E-state index in [0.717, 1.165) is 40.8 Å². The number of nitrogens with zero attached hydrogens (tertiary/aromatic N) is 5. The zero-order valence-corrected chi connectivity index (χ0v) is 18.3. The minimum Gasteiger partial charge on any atom is -0.444 e. The number of thiophene rings is 1. The SMILES string of the molecule is [N-]=[N+]=NCc1nc(NC(=O)C2CC2)ccc1Oc1sc(C(N)=O)c2c1-c1sncc1CC2. The quantitative estimate of drug-likeness (QED) is 0.299.